The molecule has 0 atom stereocenters. The van der Waals surface area contributed by atoms with Crippen molar-refractivity contribution in [1.29, 1.82) is 0 Å². The van der Waals surface area contributed by atoms with E-state index < -0.39 is 23.3 Å². The highest BCUT2D eigenvalue weighted by molar-refractivity contribution is 6.26. The van der Waals surface area contributed by atoms with Gasteiger partial charge in [0.1, 0.15) is 11.4 Å². The lowest BCUT2D eigenvalue weighted by atomic mass is 9.86. The number of amides is 1. The number of carbonyl (C=O) groups excluding carboxylic acids is 3. The summed E-state index contributed by atoms with van der Waals surface area (Å²) in [6.45, 7) is 8.47. The van der Waals surface area contributed by atoms with Gasteiger partial charge in [0.25, 0.3) is 0 Å². The summed E-state index contributed by atoms with van der Waals surface area (Å²) in [5.74, 6) is -1.02. The number of phenolic OH excluding ortho intramolecular Hbond substituents is 1. The summed E-state index contributed by atoms with van der Waals surface area (Å²) < 4.78 is 5.11. The lowest BCUT2D eigenvalue weighted by Crippen LogP contribution is -2.36. The van der Waals surface area contributed by atoms with Crippen LogP contribution in [0.25, 0.3) is 6.08 Å². The molecule has 6 heteroatoms. The van der Waals surface area contributed by atoms with Gasteiger partial charge in [-0.3, -0.25) is 14.9 Å². The molecular weight excluding hydrogens is 322 g/mol. The molecule has 1 aromatic carbocycles. The second-order valence-corrected chi connectivity index (χ2v) is 6.76. The van der Waals surface area contributed by atoms with Gasteiger partial charge in [0.05, 0.1) is 5.70 Å². The van der Waals surface area contributed by atoms with Crippen molar-refractivity contribution < 1.29 is 24.2 Å². The van der Waals surface area contributed by atoms with Crippen LogP contribution in [0.15, 0.2) is 23.9 Å². The summed E-state index contributed by atoms with van der Waals surface area (Å²) >= 11 is 0. The molecule has 0 bridgehead atoms. The zero-order chi connectivity index (χ0) is 18.9. The monoisotopic (exact) mass is 343 g/mol. The van der Waals surface area contributed by atoms with Gasteiger partial charge in [-0.05, 0) is 46.2 Å². The van der Waals surface area contributed by atoms with Crippen LogP contribution >= 0.6 is 0 Å². The highest BCUT2D eigenvalue weighted by Gasteiger charge is 2.31. The van der Waals surface area contributed by atoms with E-state index in [9.17, 15) is 19.5 Å². The lowest BCUT2D eigenvalue weighted by molar-refractivity contribution is 0.0539. The first-order valence-electron chi connectivity index (χ1n) is 7.85. The first kappa shape index (κ1) is 18.4. The van der Waals surface area contributed by atoms with E-state index in [1.807, 2.05) is 0 Å². The molecule has 0 fully saturated rings. The molecule has 0 saturated carbocycles. The molecule has 2 N–H and O–H groups in total. The molecule has 1 aliphatic carbocycles. The van der Waals surface area contributed by atoms with Crippen LogP contribution in [0.1, 0.15) is 59.5 Å². The summed E-state index contributed by atoms with van der Waals surface area (Å²) in [7, 11) is 0. The van der Waals surface area contributed by atoms with Crippen LogP contribution in [0.2, 0.25) is 0 Å². The number of alkyl carbamates (subject to hydrolysis) is 1. The molecule has 1 aromatic rings. The number of phenols is 1. The number of hydrogen-bond donors (Lipinski definition) is 2. The Bertz CT molecular complexity index is 825. The minimum atomic E-state index is -0.812. The fraction of sp³-hybridized carbons (Fsp3) is 0.316. The number of ketones is 2. The Labute approximate surface area is 146 Å². The molecule has 0 radical (unpaired) electrons. The highest BCUT2D eigenvalue weighted by Crippen LogP contribution is 2.33. The molecule has 0 spiro atoms. The minimum absolute atomic E-state index is 0.0463. The second-order valence-electron chi connectivity index (χ2n) is 6.76. The maximum absolute atomic E-state index is 12.7. The molecule has 0 saturated heterocycles. The summed E-state index contributed by atoms with van der Waals surface area (Å²) in [4.78, 5) is 37.1. The largest absolute Gasteiger partial charge is 0.507 e. The van der Waals surface area contributed by atoms with Gasteiger partial charge in [-0.25, -0.2) is 4.79 Å². The van der Waals surface area contributed by atoms with Crippen LogP contribution in [0.4, 0.5) is 4.79 Å². The van der Waals surface area contributed by atoms with Crippen LogP contribution in [0.3, 0.4) is 0 Å². The van der Waals surface area contributed by atoms with Gasteiger partial charge in [0.2, 0.25) is 5.78 Å². The molecule has 25 heavy (non-hydrogen) atoms. The number of rotatable bonds is 2. The SMILES string of the molecule is C/C=C/c1c(O)c(C)cc2c1C(=O)C=C(NC(=O)OC(C)(C)C)C2=O. The molecule has 2 rings (SSSR count). The predicted octanol–water partition coefficient (Wildman–Crippen LogP) is 3.52. The number of benzene rings is 1. The van der Waals surface area contributed by atoms with Crippen molar-refractivity contribution in [3.05, 3.63) is 46.2 Å². The number of fused-ring (bicyclic) bond motifs is 1. The number of nitrogens with one attached hydrogen (secondary N) is 1. The molecule has 1 aliphatic rings. The molecule has 0 aliphatic heterocycles. The van der Waals surface area contributed by atoms with Gasteiger partial charge in [0.15, 0.2) is 5.78 Å². The van der Waals surface area contributed by atoms with E-state index in [1.165, 1.54) is 6.07 Å². The Morgan fingerprint density at radius 2 is 1.92 bits per heavy atom. The standard InChI is InChI=1S/C19H21NO5/c1-6-7-11-15-12(8-10(2)16(11)22)17(23)13(9-14(15)21)20-18(24)25-19(3,4)5/h6-9,22H,1-5H3,(H,20,24)/b7-6+. The summed E-state index contributed by atoms with van der Waals surface area (Å²) in [6, 6.07) is 1.45. The normalized spacial score (nSPS) is 14.4. The smallest absolute Gasteiger partial charge is 0.412 e. The van der Waals surface area contributed by atoms with E-state index in [0.717, 1.165) is 6.08 Å². The Kier molecular flexibility index (Phi) is 4.83. The Morgan fingerprint density at radius 1 is 1.28 bits per heavy atom. The third kappa shape index (κ3) is 3.79. The van der Waals surface area contributed by atoms with Gasteiger partial charge >= 0.3 is 6.09 Å². The average Bonchev–Trinajstić information content (AvgIpc) is 2.47. The highest BCUT2D eigenvalue weighted by atomic mass is 16.6. The predicted molar refractivity (Wildman–Crippen MR) is 93.7 cm³/mol. The number of aryl methyl sites for hydroxylation is 1. The van der Waals surface area contributed by atoms with Gasteiger partial charge in [-0.15, -0.1) is 0 Å². The van der Waals surface area contributed by atoms with E-state index >= 15 is 0 Å². The van der Waals surface area contributed by atoms with Crippen LogP contribution in [0, 0.1) is 6.92 Å². The van der Waals surface area contributed by atoms with E-state index in [1.54, 1.807) is 46.8 Å². The Morgan fingerprint density at radius 3 is 2.48 bits per heavy atom. The van der Waals surface area contributed by atoms with Crippen molar-refractivity contribution in [2.24, 2.45) is 0 Å². The summed E-state index contributed by atoms with van der Waals surface area (Å²) in [5, 5.41) is 12.5. The zero-order valence-corrected chi connectivity index (χ0v) is 14.9. The number of aromatic hydroxyl groups is 1. The third-order valence-corrected chi connectivity index (χ3v) is 3.51. The van der Waals surface area contributed by atoms with E-state index in [4.69, 9.17) is 4.74 Å². The fourth-order valence-electron chi connectivity index (χ4n) is 2.53. The molecule has 0 unspecified atom stereocenters. The molecular formula is C19H21NO5. The van der Waals surface area contributed by atoms with Gasteiger partial charge in [0, 0.05) is 22.8 Å². The van der Waals surface area contributed by atoms with Crippen molar-refractivity contribution in [2.75, 3.05) is 0 Å². The van der Waals surface area contributed by atoms with Crippen molar-refractivity contribution >= 4 is 23.7 Å². The van der Waals surface area contributed by atoms with E-state index in [0.29, 0.717) is 11.1 Å². The fourth-order valence-corrected chi connectivity index (χ4v) is 2.53. The van der Waals surface area contributed by atoms with Crippen LogP contribution in [-0.2, 0) is 4.74 Å². The Hall–Kier alpha value is -2.89. The van der Waals surface area contributed by atoms with Crippen LogP contribution in [0.5, 0.6) is 5.75 Å². The van der Waals surface area contributed by atoms with Gasteiger partial charge in [-0.1, -0.05) is 12.2 Å². The van der Waals surface area contributed by atoms with E-state index in [-0.39, 0.29) is 22.6 Å². The number of Topliss-reactive ketones (excluding diaryl/α,β-unsaturated/α-hetero) is 1. The van der Waals surface area contributed by atoms with Crippen molar-refractivity contribution in [1.82, 2.24) is 5.32 Å². The molecule has 0 heterocycles. The number of hydrogen-bond acceptors (Lipinski definition) is 5. The first-order chi connectivity index (χ1) is 11.5. The second kappa shape index (κ2) is 6.55. The van der Waals surface area contributed by atoms with E-state index in [2.05, 4.69) is 5.32 Å². The van der Waals surface area contributed by atoms with Crippen molar-refractivity contribution in [2.45, 2.75) is 40.2 Å². The number of ether oxygens (including phenoxy) is 1. The maximum Gasteiger partial charge on any atom is 0.412 e. The summed E-state index contributed by atoms with van der Waals surface area (Å²) in [6.07, 6.45) is 3.49. The van der Waals surface area contributed by atoms with Gasteiger partial charge in [-0.2, -0.15) is 0 Å². The number of carbonyl (C=O) groups is 3. The topological polar surface area (TPSA) is 92.7 Å². The molecule has 6 nitrogen and oxygen atoms in total. The maximum atomic E-state index is 12.7. The zero-order valence-electron chi connectivity index (χ0n) is 14.9. The van der Waals surface area contributed by atoms with Crippen molar-refractivity contribution in [3.8, 4) is 5.75 Å². The Balaban J connectivity index is 2.46. The lowest BCUT2D eigenvalue weighted by Gasteiger charge is -2.22. The molecule has 1 amide bonds. The minimum Gasteiger partial charge on any atom is -0.507 e. The summed E-state index contributed by atoms with van der Waals surface area (Å²) in [5.41, 5.74) is 0.146. The van der Waals surface area contributed by atoms with Crippen LogP contribution in [-0.4, -0.2) is 28.4 Å². The van der Waals surface area contributed by atoms with Gasteiger partial charge < -0.3 is 9.84 Å². The van der Waals surface area contributed by atoms with Crippen LogP contribution < -0.4 is 5.32 Å². The molecule has 132 valence electrons. The number of allylic oxidation sites excluding steroid dienone is 3. The van der Waals surface area contributed by atoms with Crippen molar-refractivity contribution in [3.63, 3.8) is 0 Å². The average molecular weight is 343 g/mol. The first-order valence-corrected chi connectivity index (χ1v) is 7.85. The quantitative estimate of drug-likeness (QED) is 0.857. The molecule has 0 aromatic heterocycles. The third-order valence-electron chi connectivity index (χ3n) is 3.51.